The van der Waals surface area contributed by atoms with Crippen molar-refractivity contribution in [1.29, 1.82) is 0 Å². The monoisotopic (exact) mass is 220 g/mol. The molecule has 2 N–H and O–H groups in total. The minimum Gasteiger partial charge on any atom is -0.324 e. The third-order valence-electron chi connectivity index (χ3n) is 2.48. The van der Waals surface area contributed by atoms with Crippen LogP contribution in [0.4, 0.5) is 0 Å². The summed E-state index contributed by atoms with van der Waals surface area (Å²) in [5, 5.41) is 2.06. The van der Waals surface area contributed by atoms with Crippen molar-refractivity contribution < 1.29 is 0 Å². The summed E-state index contributed by atoms with van der Waals surface area (Å²) in [7, 11) is 0. The fraction of sp³-hybridized carbons (Fsp3) is 0.417. The van der Waals surface area contributed by atoms with Gasteiger partial charge in [-0.15, -0.1) is 11.3 Å². The summed E-state index contributed by atoms with van der Waals surface area (Å²) in [4.78, 5) is 4.40. The highest BCUT2D eigenvalue weighted by Gasteiger charge is 2.09. The number of thiophene rings is 1. The van der Waals surface area contributed by atoms with Crippen LogP contribution in [0, 0.1) is 5.92 Å². The molecule has 2 aromatic heterocycles. The molecule has 2 rings (SSSR count). The van der Waals surface area contributed by atoms with Gasteiger partial charge in [-0.2, -0.15) is 0 Å². The number of hydrogen-bond acceptors (Lipinski definition) is 3. The van der Waals surface area contributed by atoms with Gasteiger partial charge in [0, 0.05) is 12.2 Å². The Balaban J connectivity index is 2.27. The lowest BCUT2D eigenvalue weighted by Crippen LogP contribution is -2.12. The molecule has 0 aliphatic carbocycles. The van der Waals surface area contributed by atoms with Gasteiger partial charge < -0.3 is 5.73 Å². The normalized spacial score (nSPS) is 13.6. The van der Waals surface area contributed by atoms with Gasteiger partial charge in [-0.1, -0.05) is 13.8 Å². The van der Waals surface area contributed by atoms with Gasteiger partial charge in [0.05, 0.1) is 10.2 Å². The molecule has 1 atom stereocenters. The summed E-state index contributed by atoms with van der Waals surface area (Å²) in [6.45, 7) is 4.38. The Morgan fingerprint density at radius 2 is 2.27 bits per heavy atom. The fourth-order valence-electron chi connectivity index (χ4n) is 1.71. The summed E-state index contributed by atoms with van der Waals surface area (Å²) in [6, 6.07) is 4.32. The highest BCUT2D eigenvalue weighted by Crippen LogP contribution is 2.24. The van der Waals surface area contributed by atoms with Gasteiger partial charge in [-0.05, 0) is 35.4 Å². The summed E-state index contributed by atoms with van der Waals surface area (Å²) < 4.78 is 1.23. The number of fused-ring (bicyclic) bond motifs is 1. The van der Waals surface area contributed by atoms with Crippen LogP contribution >= 0.6 is 11.3 Å². The van der Waals surface area contributed by atoms with Crippen LogP contribution in [0.1, 0.15) is 31.9 Å². The molecule has 0 radical (unpaired) electrons. The SMILES string of the molecule is CC(C)CC(N)c1cnc2ccsc2c1. The third-order valence-corrected chi connectivity index (χ3v) is 3.33. The predicted molar refractivity (Wildman–Crippen MR) is 66.0 cm³/mol. The summed E-state index contributed by atoms with van der Waals surface area (Å²) in [5.41, 5.74) is 8.34. The Hall–Kier alpha value is -0.930. The number of rotatable bonds is 3. The lowest BCUT2D eigenvalue weighted by molar-refractivity contribution is 0.509. The van der Waals surface area contributed by atoms with E-state index in [2.05, 4.69) is 30.3 Å². The highest BCUT2D eigenvalue weighted by atomic mass is 32.1. The van der Waals surface area contributed by atoms with Crippen molar-refractivity contribution in [1.82, 2.24) is 4.98 Å². The molecule has 80 valence electrons. The smallest absolute Gasteiger partial charge is 0.0809 e. The topological polar surface area (TPSA) is 38.9 Å². The maximum Gasteiger partial charge on any atom is 0.0809 e. The molecule has 0 fully saturated rings. The quantitative estimate of drug-likeness (QED) is 0.861. The van der Waals surface area contributed by atoms with E-state index < -0.39 is 0 Å². The van der Waals surface area contributed by atoms with E-state index in [1.54, 1.807) is 11.3 Å². The Bertz CT molecular complexity index is 448. The second-order valence-electron chi connectivity index (χ2n) is 4.31. The van der Waals surface area contributed by atoms with Crippen LogP contribution in [-0.4, -0.2) is 4.98 Å². The third kappa shape index (κ3) is 2.36. The molecule has 2 aromatic rings. The van der Waals surface area contributed by atoms with Crippen LogP contribution in [-0.2, 0) is 0 Å². The Morgan fingerprint density at radius 1 is 1.47 bits per heavy atom. The second-order valence-corrected chi connectivity index (χ2v) is 5.26. The number of aromatic nitrogens is 1. The Morgan fingerprint density at radius 3 is 3.00 bits per heavy atom. The largest absolute Gasteiger partial charge is 0.324 e. The maximum atomic E-state index is 6.12. The number of nitrogens with two attached hydrogens (primary N) is 1. The zero-order valence-electron chi connectivity index (χ0n) is 9.10. The van der Waals surface area contributed by atoms with E-state index in [4.69, 9.17) is 5.73 Å². The fourth-order valence-corrected chi connectivity index (χ4v) is 2.50. The first-order valence-electron chi connectivity index (χ1n) is 5.25. The first-order chi connectivity index (χ1) is 7.16. The molecule has 15 heavy (non-hydrogen) atoms. The minimum atomic E-state index is 0.115. The molecule has 0 amide bonds. The summed E-state index contributed by atoms with van der Waals surface area (Å²) in [5.74, 6) is 0.624. The predicted octanol–water partition coefficient (Wildman–Crippen LogP) is 3.34. The van der Waals surface area contributed by atoms with Crippen molar-refractivity contribution in [3.8, 4) is 0 Å². The molecule has 0 bridgehead atoms. The molecule has 3 heteroatoms. The maximum absolute atomic E-state index is 6.12. The molecule has 0 saturated heterocycles. The summed E-state index contributed by atoms with van der Waals surface area (Å²) in [6.07, 6.45) is 2.92. The van der Waals surface area contributed by atoms with E-state index in [1.165, 1.54) is 4.70 Å². The average molecular weight is 220 g/mol. The molecule has 0 aromatic carbocycles. The van der Waals surface area contributed by atoms with E-state index in [0.29, 0.717) is 5.92 Å². The molecule has 0 spiro atoms. The standard InChI is InChI=1S/C12H16N2S/c1-8(2)5-10(13)9-6-12-11(14-7-9)3-4-15-12/h3-4,6-8,10H,5,13H2,1-2H3. The number of nitrogens with zero attached hydrogens (tertiary/aromatic N) is 1. The van der Waals surface area contributed by atoms with E-state index >= 15 is 0 Å². The molecule has 2 heterocycles. The van der Waals surface area contributed by atoms with Crippen LogP contribution < -0.4 is 5.73 Å². The second kappa shape index (κ2) is 4.29. The first kappa shape index (κ1) is 10.6. The molecular weight excluding hydrogens is 204 g/mol. The van der Waals surface area contributed by atoms with E-state index in [9.17, 15) is 0 Å². The van der Waals surface area contributed by atoms with Crippen molar-refractivity contribution in [3.05, 3.63) is 29.3 Å². The van der Waals surface area contributed by atoms with E-state index in [-0.39, 0.29) is 6.04 Å². The van der Waals surface area contributed by atoms with Crippen molar-refractivity contribution >= 4 is 21.6 Å². The number of hydrogen-bond donors (Lipinski definition) is 1. The summed E-state index contributed by atoms with van der Waals surface area (Å²) >= 11 is 1.72. The molecule has 0 aliphatic rings. The van der Waals surface area contributed by atoms with Crippen LogP contribution in [0.15, 0.2) is 23.7 Å². The Kier molecular flexibility index (Phi) is 3.03. The van der Waals surface area contributed by atoms with Crippen LogP contribution in [0.25, 0.3) is 10.2 Å². The van der Waals surface area contributed by atoms with E-state index in [0.717, 1.165) is 17.5 Å². The van der Waals surface area contributed by atoms with Crippen molar-refractivity contribution in [2.24, 2.45) is 11.7 Å². The van der Waals surface area contributed by atoms with Crippen molar-refractivity contribution in [2.75, 3.05) is 0 Å². The molecular formula is C12H16N2S. The van der Waals surface area contributed by atoms with Crippen LogP contribution in [0.2, 0.25) is 0 Å². The highest BCUT2D eigenvalue weighted by molar-refractivity contribution is 7.17. The molecule has 2 nitrogen and oxygen atoms in total. The van der Waals surface area contributed by atoms with E-state index in [1.807, 2.05) is 12.3 Å². The number of pyridine rings is 1. The van der Waals surface area contributed by atoms with Crippen LogP contribution in [0.5, 0.6) is 0 Å². The Labute approximate surface area is 94.1 Å². The van der Waals surface area contributed by atoms with Gasteiger partial charge in [-0.3, -0.25) is 4.98 Å². The van der Waals surface area contributed by atoms with Crippen LogP contribution in [0.3, 0.4) is 0 Å². The zero-order valence-corrected chi connectivity index (χ0v) is 9.92. The molecule has 0 saturated carbocycles. The van der Waals surface area contributed by atoms with Gasteiger partial charge in [0.15, 0.2) is 0 Å². The van der Waals surface area contributed by atoms with Crippen molar-refractivity contribution in [2.45, 2.75) is 26.3 Å². The average Bonchev–Trinajstić information content (AvgIpc) is 2.62. The lowest BCUT2D eigenvalue weighted by Gasteiger charge is -2.13. The van der Waals surface area contributed by atoms with Gasteiger partial charge >= 0.3 is 0 Å². The molecule has 1 unspecified atom stereocenters. The first-order valence-corrected chi connectivity index (χ1v) is 6.13. The van der Waals surface area contributed by atoms with Gasteiger partial charge in [-0.25, -0.2) is 0 Å². The zero-order chi connectivity index (χ0) is 10.8. The lowest BCUT2D eigenvalue weighted by atomic mass is 9.99. The van der Waals surface area contributed by atoms with Gasteiger partial charge in [0.1, 0.15) is 0 Å². The molecule has 0 aliphatic heterocycles. The van der Waals surface area contributed by atoms with Gasteiger partial charge in [0.25, 0.3) is 0 Å². The minimum absolute atomic E-state index is 0.115. The van der Waals surface area contributed by atoms with Crippen molar-refractivity contribution in [3.63, 3.8) is 0 Å². The van der Waals surface area contributed by atoms with Gasteiger partial charge in [0.2, 0.25) is 0 Å².